The second kappa shape index (κ2) is 8.44. The molecule has 0 radical (unpaired) electrons. The maximum atomic E-state index is 12.2. The predicted molar refractivity (Wildman–Crippen MR) is 104 cm³/mol. The highest BCUT2D eigenvalue weighted by Gasteiger charge is 2.12. The van der Waals surface area contributed by atoms with E-state index in [0.717, 1.165) is 11.4 Å². The number of anilines is 1. The molecule has 1 amide bonds. The van der Waals surface area contributed by atoms with E-state index in [1.165, 1.54) is 11.8 Å². The summed E-state index contributed by atoms with van der Waals surface area (Å²) in [4.78, 5) is 12.2. The molecular formula is C17H14Cl2N4O2S. The van der Waals surface area contributed by atoms with E-state index in [1.54, 1.807) is 36.2 Å². The Labute approximate surface area is 164 Å². The van der Waals surface area contributed by atoms with Gasteiger partial charge in [-0.05, 0) is 30.3 Å². The average molecular weight is 409 g/mol. The number of benzene rings is 2. The number of carbonyl (C=O) groups excluding carboxylic acids is 1. The van der Waals surface area contributed by atoms with Crippen LogP contribution in [0, 0.1) is 0 Å². The van der Waals surface area contributed by atoms with Crippen molar-refractivity contribution in [2.45, 2.75) is 5.16 Å². The van der Waals surface area contributed by atoms with E-state index in [4.69, 9.17) is 27.9 Å². The molecule has 0 saturated carbocycles. The van der Waals surface area contributed by atoms with Crippen LogP contribution in [0.3, 0.4) is 0 Å². The number of nitrogens with zero attached hydrogens (tertiary/aromatic N) is 3. The molecule has 0 fully saturated rings. The fourth-order valence-corrected chi connectivity index (χ4v) is 3.35. The van der Waals surface area contributed by atoms with Crippen molar-refractivity contribution in [3.63, 3.8) is 0 Å². The zero-order valence-electron chi connectivity index (χ0n) is 13.6. The number of ether oxygens (including phenoxy) is 1. The normalized spacial score (nSPS) is 10.6. The summed E-state index contributed by atoms with van der Waals surface area (Å²) in [6, 6.07) is 12.4. The summed E-state index contributed by atoms with van der Waals surface area (Å²) in [7, 11) is 1.60. The third-order valence-corrected chi connectivity index (χ3v) is 4.88. The summed E-state index contributed by atoms with van der Waals surface area (Å²) < 4.78 is 7.02. The first-order chi connectivity index (χ1) is 12.6. The molecule has 0 saturated heterocycles. The first-order valence-corrected chi connectivity index (χ1v) is 9.23. The van der Waals surface area contributed by atoms with E-state index < -0.39 is 0 Å². The van der Waals surface area contributed by atoms with Crippen molar-refractivity contribution in [1.82, 2.24) is 14.8 Å². The Balaban J connectivity index is 1.67. The number of halogens is 2. The zero-order valence-corrected chi connectivity index (χ0v) is 16.0. The fraction of sp³-hybridized carbons (Fsp3) is 0.118. The molecule has 0 spiro atoms. The molecule has 26 heavy (non-hydrogen) atoms. The topological polar surface area (TPSA) is 69.0 Å². The number of hydrogen-bond acceptors (Lipinski definition) is 5. The zero-order chi connectivity index (χ0) is 18.5. The lowest BCUT2D eigenvalue weighted by atomic mass is 10.3. The van der Waals surface area contributed by atoms with Gasteiger partial charge in [-0.2, -0.15) is 0 Å². The van der Waals surface area contributed by atoms with Crippen molar-refractivity contribution < 1.29 is 9.53 Å². The molecule has 134 valence electrons. The van der Waals surface area contributed by atoms with E-state index in [1.807, 2.05) is 24.3 Å². The lowest BCUT2D eigenvalue weighted by Gasteiger charge is -2.09. The SMILES string of the molecule is COc1cccc(-n2cnnc2SCC(=O)Nc2ccc(Cl)cc2Cl)c1. The Morgan fingerprint density at radius 1 is 1.27 bits per heavy atom. The Kier molecular flexibility index (Phi) is 6.03. The number of rotatable bonds is 6. The van der Waals surface area contributed by atoms with E-state index in [9.17, 15) is 4.79 Å². The molecule has 3 aromatic rings. The van der Waals surface area contributed by atoms with Gasteiger partial charge in [0, 0.05) is 11.1 Å². The molecule has 1 N–H and O–H groups in total. The molecule has 3 rings (SSSR count). The van der Waals surface area contributed by atoms with Gasteiger partial charge in [0.15, 0.2) is 5.16 Å². The van der Waals surface area contributed by atoms with E-state index in [2.05, 4.69) is 15.5 Å². The third-order valence-electron chi connectivity index (χ3n) is 3.39. The van der Waals surface area contributed by atoms with Crippen LogP contribution in [0.25, 0.3) is 5.69 Å². The highest BCUT2D eigenvalue weighted by Crippen LogP contribution is 2.26. The number of carbonyl (C=O) groups is 1. The van der Waals surface area contributed by atoms with Gasteiger partial charge >= 0.3 is 0 Å². The Bertz CT molecular complexity index is 933. The van der Waals surface area contributed by atoms with Gasteiger partial charge in [-0.3, -0.25) is 9.36 Å². The first kappa shape index (κ1) is 18.6. The van der Waals surface area contributed by atoms with E-state index in [0.29, 0.717) is 20.9 Å². The predicted octanol–water partition coefficient (Wildman–Crippen LogP) is 4.31. The van der Waals surface area contributed by atoms with Crippen LogP contribution >= 0.6 is 35.0 Å². The molecule has 0 bridgehead atoms. The molecule has 0 aliphatic heterocycles. The van der Waals surface area contributed by atoms with E-state index in [-0.39, 0.29) is 11.7 Å². The standard InChI is InChI=1S/C17H14Cl2N4O2S/c1-25-13-4-2-3-12(8-13)23-10-20-22-17(23)26-9-16(24)21-15-6-5-11(18)7-14(15)19/h2-8,10H,9H2,1H3,(H,21,24). The summed E-state index contributed by atoms with van der Waals surface area (Å²) >= 11 is 13.2. The molecular weight excluding hydrogens is 395 g/mol. The number of hydrogen-bond donors (Lipinski definition) is 1. The molecule has 1 heterocycles. The van der Waals surface area contributed by atoms with E-state index >= 15 is 0 Å². The summed E-state index contributed by atoms with van der Waals surface area (Å²) in [6.07, 6.45) is 1.59. The maximum absolute atomic E-state index is 12.2. The van der Waals surface area contributed by atoms with Crippen molar-refractivity contribution in [1.29, 1.82) is 0 Å². The lowest BCUT2D eigenvalue weighted by Crippen LogP contribution is -2.14. The minimum atomic E-state index is -0.209. The number of methoxy groups -OCH3 is 1. The minimum absolute atomic E-state index is 0.154. The maximum Gasteiger partial charge on any atom is 0.234 e. The molecule has 0 aliphatic rings. The number of thioether (sulfide) groups is 1. The lowest BCUT2D eigenvalue weighted by molar-refractivity contribution is -0.113. The van der Waals surface area contributed by atoms with Gasteiger partial charge in [-0.25, -0.2) is 0 Å². The number of nitrogens with one attached hydrogen (secondary N) is 1. The average Bonchev–Trinajstić information content (AvgIpc) is 3.11. The van der Waals surface area contributed by atoms with Crippen molar-refractivity contribution in [2.75, 3.05) is 18.2 Å². The van der Waals surface area contributed by atoms with Crippen LogP contribution in [0.1, 0.15) is 0 Å². The molecule has 0 unspecified atom stereocenters. The molecule has 0 atom stereocenters. The minimum Gasteiger partial charge on any atom is -0.497 e. The molecule has 0 aliphatic carbocycles. The Hall–Kier alpha value is -2.22. The summed E-state index contributed by atoms with van der Waals surface area (Å²) in [6.45, 7) is 0. The summed E-state index contributed by atoms with van der Waals surface area (Å²) in [5.74, 6) is 0.670. The van der Waals surface area contributed by atoms with Gasteiger partial charge in [0.2, 0.25) is 5.91 Å². The third kappa shape index (κ3) is 4.49. The van der Waals surface area contributed by atoms with Crippen molar-refractivity contribution in [3.05, 3.63) is 58.8 Å². The van der Waals surface area contributed by atoms with Crippen LogP contribution in [0.5, 0.6) is 5.75 Å². The van der Waals surface area contributed by atoms with Crippen molar-refractivity contribution >= 4 is 46.6 Å². The Morgan fingerprint density at radius 3 is 2.88 bits per heavy atom. The monoisotopic (exact) mass is 408 g/mol. The highest BCUT2D eigenvalue weighted by atomic mass is 35.5. The van der Waals surface area contributed by atoms with Crippen molar-refractivity contribution in [2.24, 2.45) is 0 Å². The van der Waals surface area contributed by atoms with Gasteiger partial charge < -0.3 is 10.1 Å². The fourth-order valence-electron chi connectivity index (χ4n) is 2.17. The van der Waals surface area contributed by atoms with Gasteiger partial charge in [0.1, 0.15) is 12.1 Å². The Morgan fingerprint density at radius 2 is 2.12 bits per heavy atom. The quantitative estimate of drug-likeness (QED) is 0.615. The molecule has 6 nitrogen and oxygen atoms in total. The largest absolute Gasteiger partial charge is 0.497 e. The van der Waals surface area contributed by atoms with Crippen LogP contribution in [-0.2, 0) is 4.79 Å². The smallest absolute Gasteiger partial charge is 0.234 e. The van der Waals surface area contributed by atoms with Gasteiger partial charge in [-0.1, -0.05) is 41.0 Å². The molecule has 2 aromatic carbocycles. The van der Waals surface area contributed by atoms with Gasteiger partial charge in [0.25, 0.3) is 0 Å². The van der Waals surface area contributed by atoms with Crippen LogP contribution in [0.2, 0.25) is 10.0 Å². The molecule has 9 heteroatoms. The van der Waals surface area contributed by atoms with Crippen LogP contribution < -0.4 is 10.1 Å². The second-order valence-corrected chi connectivity index (χ2v) is 6.93. The number of aromatic nitrogens is 3. The van der Waals surface area contributed by atoms with Gasteiger partial charge in [0.05, 0.1) is 29.3 Å². The van der Waals surface area contributed by atoms with Crippen molar-refractivity contribution in [3.8, 4) is 11.4 Å². The van der Waals surface area contributed by atoms with Crippen LogP contribution in [0.4, 0.5) is 5.69 Å². The highest BCUT2D eigenvalue weighted by molar-refractivity contribution is 7.99. The summed E-state index contributed by atoms with van der Waals surface area (Å²) in [5.41, 5.74) is 1.36. The van der Waals surface area contributed by atoms with Crippen LogP contribution in [-0.4, -0.2) is 33.5 Å². The second-order valence-electron chi connectivity index (χ2n) is 5.15. The summed E-state index contributed by atoms with van der Waals surface area (Å²) in [5, 5.41) is 12.2. The first-order valence-electron chi connectivity index (χ1n) is 7.49. The number of amides is 1. The van der Waals surface area contributed by atoms with Gasteiger partial charge in [-0.15, -0.1) is 10.2 Å². The molecule has 1 aromatic heterocycles. The van der Waals surface area contributed by atoms with Crippen LogP contribution in [0.15, 0.2) is 53.9 Å².